The minimum Gasteiger partial charge on any atom is -0.482 e. The van der Waals surface area contributed by atoms with Gasteiger partial charge in [-0.1, -0.05) is 24.3 Å². The second-order valence-corrected chi connectivity index (χ2v) is 7.98. The van der Waals surface area contributed by atoms with Crippen LogP contribution < -0.4 is 4.74 Å². The van der Waals surface area contributed by atoms with Gasteiger partial charge in [-0.25, -0.2) is 9.78 Å². The molecule has 29 heavy (non-hydrogen) atoms. The summed E-state index contributed by atoms with van der Waals surface area (Å²) in [5.74, 6) is -0.244. The topological polar surface area (TPSA) is 68.7 Å². The van der Waals surface area contributed by atoms with Crippen molar-refractivity contribution in [2.45, 2.75) is 26.8 Å². The van der Waals surface area contributed by atoms with Crippen molar-refractivity contribution in [1.29, 1.82) is 0 Å². The van der Waals surface area contributed by atoms with E-state index in [-0.39, 0.29) is 25.2 Å². The fraction of sp³-hybridized carbons (Fsp3) is 0.318. The van der Waals surface area contributed by atoms with Crippen molar-refractivity contribution in [3.8, 4) is 5.75 Å². The molecule has 0 saturated carbocycles. The highest BCUT2D eigenvalue weighted by Crippen LogP contribution is 2.28. The molecule has 0 radical (unpaired) electrons. The minimum atomic E-state index is -0.583. The van der Waals surface area contributed by atoms with Crippen molar-refractivity contribution in [2.75, 3.05) is 20.3 Å². The van der Waals surface area contributed by atoms with Gasteiger partial charge in [0.2, 0.25) is 0 Å². The number of carbonyl (C=O) groups excluding carboxylic acids is 2. The quantitative estimate of drug-likeness (QED) is 0.548. The molecule has 0 fully saturated rings. The number of carbonyl (C=O) groups is 2. The standard InChI is InChI=1S/C22H24N2O4S/c1-14-9-10-15(2)18(11-14)27-13-21(26)28-12-20(25)24(4)16(3)22-23-17-7-5-6-8-19(17)29-22/h5-11,16H,12-13H2,1-4H3/t16-/m0/s1. The van der Waals surface area contributed by atoms with Crippen LogP contribution in [0.25, 0.3) is 10.2 Å². The van der Waals surface area contributed by atoms with Crippen LogP contribution in [0.15, 0.2) is 42.5 Å². The summed E-state index contributed by atoms with van der Waals surface area (Å²) in [7, 11) is 1.68. The summed E-state index contributed by atoms with van der Waals surface area (Å²) in [6.45, 7) is 5.18. The van der Waals surface area contributed by atoms with Gasteiger partial charge in [-0.2, -0.15) is 0 Å². The van der Waals surface area contributed by atoms with Gasteiger partial charge >= 0.3 is 5.97 Å². The molecule has 0 aliphatic heterocycles. The van der Waals surface area contributed by atoms with Crippen LogP contribution in [0.4, 0.5) is 0 Å². The summed E-state index contributed by atoms with van der Waals surface area (Å²) in [5, 5.41) is 0.839. The number of thiazole rings is 1. The lowest BCUT2D eigenvalue weighted by Gasteiger charge is -2.23. The maximum Gasteiger partial charge on any atom is 0.344 e. The Morgan fingerprint density at radius 1 is 1.14 bits per heavy atom. The number of nitrogens with zero attached hydrogens (tertiary/aromatic N) is 2. The Hall–Kier alpha value is -2.93. The monoisotopic (exact) mass is 412 g/mol. The first kappa shape index (κ1) is 20.8. The smallest absolute Gasteiger partial charge is 0.344 e. The van der Waals surface area contributed by atoms with Gasteiger partial charge in [0.05, 0.1) is 16.3 Å². The van der Waals surface area contributed by atoms with E-state index in [2.05, 4.69) is 4.98 Å². The lowest BCUT2D eigenvalue weighted by atomic mass is 10.1. The molecule has 1 aromatic heterocycles. The van der Waals surface area contributed by atoms with Crippen molar-refractivity contribution in [1.82, 2.24) is 9.88 Å². The zero-order valence-electron chi connectivity index (χ0n) is 17.0. The normalized spacial score (nSPS) is 11.9. The number of esters is 1. The molecule has 7 heteroatoms. The van der Waals surface area contributed by atoms with E-state index >= 15 is 0 Å². The number of amides is 1. The molecule has 0 aliphatic carbocycles. The Kier molecular flexibility index (Phi) is 6.49. The van der Waals surface area contributed by atoms with Gasteiger partial charge in [-0.05, 0) is 50.1 Å². The van der Waals surface area contributed by atoms with E-state index in [4.69, 9.17) is 9.47 Å². The Labute approximate surface area is 174 Å². The molecule has 3 rings (SSSR count). The molecule has 2 aromatic carbocycles. The van der Waals surface area contributed by atoms with Crippen molar-refractivity contribution in [3.05, 3.63) is 58.6 Å². The van der Waals surface area contributed by atoms with Crippen molar-refractivity contribution < 1.29 is 19.1 Å². The van der Waals surface area contributed by atoms with Crippen molar-refractivity contribution in [2.24, 2.45) is 0 Å². The van der Waals surface area contributed by atoms with Gasteiger partial charge in [0.1, 0.15) is 10.8 Å². The van der Waals surface area contributed by atoms with Gasteiger partial charge in [-0.15, -0.1) is 11.3 Å². The summed E-state index contributed by atoms with van der Waals surface area (Å²) >= 11 is 1.55. The zero-order valence-corrected chi connectivity index (χ0v) is 17.8. The highest BCUT2D eigenvalue weighted by Gasteiger charge is 2.22. The first-order valence-electron chi connectivity index (χ1n) is 9.32. The van der Waals surface area contributed by atoms with Gasteiger partial charge in [-0.3, -0.25) is 4.79 Å². The molecule has 1 amide bonds. The van der Waals surface area contributed by atoms with Crippen LogP contribution in [-0.2, 0) is 14.3 Å². The molecular formula is C22H24N2O4S. The Balaban J connectivity index is 1.51. The first-order valence-corrected chi connectivity index (χ1v) is 10.1. The lowest BCUT2D eigenvalue weighted by Crippen LogP contribution is -2.34. The van der Waals surface area contributed by atoms with Crippen LogP contribution in [0, 0.1) is 13.8 Å². The van der Waals surface area contributed by atoms with E-state index in [1.807, 2.05) is 63.2 Å². The van der Waals surface area contributed by atoms with E-state index in [1.54, 1.807) is 18.4 Å². The molecule has 0 aliphatic rings. The number of hydrogen-bond acceptors (Lipinski definition) is 6. The van der Waals surface area contributed by atoms with Crippen LogP contribution in [0.2, 0.25) is 0 Å². The Morgan fingerprint density at radius 3 is 2.66 bits per heavy atom. The van der Waals surface area contributed by atoms with Crippen LogP contribution in [-0.4, -0.2) is 42.0 Å². The summed E-state index contributed by atoms with van der Waals surface area (Å²) in [6, 6.07) is 13.4. The lowest BCUT2D eigenvalue weighted by molar-refractivity contribution is -0.153. The molecule has 1 heterocycles. The van der Waals surface area contributed by atoms with Crippen LogP contribution in [0.3, 0.4) is 0 Å². The number of benzene rings is 2. The second kappa shape index (κ2) is 9.05. The summed E-state index contributed by atoms with van der Waals surface area (Å²) in [6.07, 6.45) is 0. The van der Waals surface area contributed by atoms with Crippen LogP contribution >= 0.6 is 11.3 Å². The van der Waals surface area contributed by atoms with Gasteiger partial charge in [0.15, 0.2) is 13.2 Å². The third-order valence-corrected chi connectivity index (χ3v) is 5.89. The molecule has 0 saturated heterocycles. The fourth-order valence-electron chi connectivity index (χ4n) is 2.74. The first-order chi connectivity index (χ1) is 13.8. The van der Waals surface area contributed by atoms with E-state index < -0.39 is 5.97 Å². The summed E-state index contributed by atoms with van der Waals surface area (Å²) in [4.78, 5) is 30.5. The molecular weight excluding hydrogens is 388 g/mol. The van der Waals surface area contributed by atoms with E-state index in [0.717, 1.165) is 26.4 Å². The molecule has 0 spiro atoms. The third kappa shape index (κ3) is 5.12. The van der Waals surface area contributed by atoms with Crippen molar-refractivity contribution >= 4 is 33.4 Å². The Morgan fingerprint density at radius 2 is 1.90 bits per heavy atom. The number of aromatic nitrogens is 1. The van der Waals surface area contributed by atoms with Gasteiger partial charge < -0.3 is 14.4 Å². The minimum absolute atomic E-state index is 0.218. The molecule has 152 valence electrons. The van der Waals surface area contributed by atoms with Gasteiger partial charge in [0.25, 0.3) is 5.91 Å². The zero-order chi connectivity index (χ0) is 21.0. The molecule has 0 N–H and O–H groups in total. The SMILES string of the molecule is Cc1ccc(C)c(OCC(=O)OCC(=O)N(C)[C@@H](C)c2nc3ccccc3s2)c1. The summed E-state index contributed by atoms with van der Waals surface area (Å²) in [5.41, 5.74) is 2.89. The highest BCUT2D eigenvalue weighted by atomic mass is 32.1. The van der Waals surface area contributed by atoms with Crippen LogP contribution in [0.1, 0.15) is 29.1 Å². The van der Waals surface area contributed by atoms with Gasteiger partial charge in [0, 0.05) is 7.05 Å². The Bertz CT molecular complexity index is 998. The van der Waals surface area contributed by atoms with Crippen molar-refractivity contribution in [3.63, 3.8) is 0 Å². The number of fused-ring (bicyclic) bond motifs is 1. The predicted molar refractivity (Wildman–Crippen MR) is 113 cm³/mol. The highest BCUT2D eigenvalue weighted by molar-refractivity contribution is 7.18. The van der Waals surface area contributed by atoms with E-state index in [1.165, 1.54) is 4.90 Å². The second-order valence-electron chi connectivity index (χ2n) is 6.92. The number of ether oxygens (including phenoxy) is 2. The number of para-hydroxylation sites is 1. The number of hydrogen-bond donors (Lipinski definition) is 0. The van der Waals surface area contributed by atoms with Crippen LogP contribution in [0.5, 0.6) is 5.75 Å². The molecule has 6 nitrogen and oxygen atoms in total. The molecule has 0 unspecified atom stereocenters. The maximum absolute atomic E-state index is 12.4. The average molecular weight is 413 g/mol. The summed E-state index contributed by atoms with van der Waals surface area (Å²) < 4.78 is 11.7. The molecule has 1 atom stereocenters. The fourth-order valence-corrected chi connectivity index (χ4v) is 3.80. The largest absolute Gasteiger partial charge is 0.482 e. The maximum atomic E-state index is 12.4. The average Bonchev–Trinajstić information content (AvgIpc) is 3.15. The molecule has 0 bridgehead atoms. The van der Waals surface area contributed by atoms with E-state index in [9.17, 15) is 9.59 Å². The number of rotatable bonds is 7. The number of aryl methyl sites for hydroxylation is 2. The van der Waals surface area contributed by atoms with E-state index in [0.29, 0.717) is 5.75 Å². The number of likely N-dealkylation sites (N-methyl/N-ethyl adjacent to an activating group) is 1. The third-order valence-electron chi connectivity index (χ3n) is 4.69. The molecule has 3 aromatic rings. The predicted octanol–water partition coefficient (Wildman–Crippen LogP) is 4.05.